The van der Waals surface area contributed by atoms with E-state index in [0.717, 1.165) is 17.4 Å². The van der Waals surface area contributed by atoms with Gasteiger partial charge in [-0.25, -0.2) is 9.36 Å². The number of nitrogens with zero attached hydrogens (tertiary/aromatic N) is 2. The topological polar surface area (TPSA) is 99.1 Å². The van der Waals surface area contributed by atoms with Gasteiger partial charge < -0.3 is 11.1 Å². The quantitative estimate of drug-likeness (QED) is 0.724. The Balaban J connectivity index is 2.18. The van der Waals surface area contributed by atoms with Crippen molar-refractivity contribution in [3.8, 4) is 0 Å². The van der Waals surface area contributed by atoms with E-state index in [1.165, 1.54) is 10.8 Å². The van der Waals surface area contributed by atoms with Crippen LogP contribution in [0, 0.1) is 5.92 Å². The lowest BCUT2D eigenvalue weighted by Crippen LogP contribution is -2.44. The van der Waals surface area contributed by atoms with Crippen LogP contribution in [0.2, 0.25) is 0 Å². The molecule has 0 radical (unpaired) electrons. The number of nitrogen functional groups attached to an aromatic ring is 1. The molecule has 0 unspecified atom stereocenters. The Bertz CT molecular complexity index is 598. The van der Waals surface area contributed by atoms with Gasteiger partial charge in [0.2, 0.25) is 5.91 Å². The van der Waals surface area contributed by atoms with Crippen LogP contribution < -0.4 is 22.3 Å². The molecule has 104 valence electrons. The Hall–Kier alpha value is -2.05. The molecule has 0 atom stereocenters. The number of rotatable bonds is 5. The van der Waals surface area contributed by atoms with Crippen molar-refractivity contribution >= 4 is 11.6 Å². The molecule has 1 aromatic rings. The second kappa shape index (κ2) is 5.29. The number of hydrogen-bond donors (Lipinski definition) is 2. The summed E-state index contributed by atoms with van der Waals surface area (Å²) in [6.07, 6.45) is 3.56. The largest absolute Gasteiger partial charge is 0.393 e. The van der Waals surface area contributed by atoms with Gasteiger partial charge in [-0.3, -0.25) is 14.2 Å². The summed E-state index contributed by atoms with van der Waals surface area (Å²) in [5.74, 6) is 0.216. The van der Waals surface area contributed by atoms with E-state index >= 15 is 0 Å². The maximum absolute atomic E-state index is 11.9. The predicted octanol–water partition coefficient (Wildman–Crippen LogP) is -0.862. The number of aryl methyl sites for hydroxylation is 1. The molecule has 0 saturated heterocycles. The lowest BCUT2D eigenvalue weighted by atomic mass is 10.4. The first-order valence-electron chi connectivity index (χ1n) is 6.39. The van der Waals surface area contributed by atoms with Crippen LogP contribution in [-0.4, -0.2) is 21.6 Å². The van der Waals surface area contributed by atoms with Crippen molar-refractivity contribution in [1.29, 1.82) is 0 Å². The number of anilines is 1. The fourth-order valence-electron chi connectivity index (χ4n) is 1.82. The first-order chi connectivity index (χ1) is 9.02. The van der Waals surface area contributed by atoms with Gasteiger partial charge in [0.25, 0.3) is 5.56 Å². The summed E-state index contributed by atoms with van der Waals surface area (Å²) >= 11 is 0. The summed E-state index contributed by atoms with van der Waals surface area (Å²) in [6, 6.07) is 0. The number of carbonyl (C=O) groups is 1. The zero-order valence-electron chi connectivity index (χ0n) is 10.9. The molecule has 0 spiro atoms. The molecule has 7 heteroatoms. The molecule has 1 heterocycles. The summed E-state index contributed by atoms with van der Waals surface area (Å²) in [5, 5.41) is 2.72. The van der Waals surface area contributed by atoms with E-state index in [1.807, 2.05) is 0 Å². The minimum atomic E-state index is -0.615. The van der Waals surface area contributed by atoms with Crippen molar-refractivity contribution in [2.45, 2.75) is 32.9 Å². The number of aromatic nitrogens is 2. The number of amides is 1. The standard InChI is InChI=1S/C12H18N4O3/c1-2-15-6-9(13)11(18)16(12(15)19)7-10(17)14-5-8-3-4-8/h6,8H,2-5,7,13H2,1H3,(H,14,17). The lowest BCUT2D eigenvalue weighted by Gasteiger charge is -2.10. The van der Waals surface area contributed by atoms with E-state index < -0.39 is 11.2 Å². The van der Waals surface area contributed by atoms with Crippen molar-refractivity contribution < 1.29 is 4.79 Å². The van der Waals surface area contributed by atoms with Crippen molar-refractivity contribution in [3.63, 3.8) is 0 Å². The third-order valence-electron chi connectivity index (χ3n) is 3.19. The number of nitrogens with two attached hydrogens (primary N) is 1. The van der Waals surface area contributed by atoms with Crippen molar-refractivity contribution in [3.05, 3.63) is 27.0 Å². The highest BCUT2D eigenvalue weighted by Crippen LogP contribution is 2.27. The van der Waals surface area contributed by atoms with E-state index in [0.29, 0.717) is 19.0 Å². The van der Waals surface area contributed by atoms with Crippen molar-refractivity contribution in [2.75, 3.05) is 12.3 Å². The SMILES string of the molecule is CCn1cc(N)c(=O)n(CC(=O)NCC2CC2)c1=O. The first kappa shape index (κ1) is 13.4. The molecule has 1 fully saturated rings. The lowest BCUT2D eigenvalue weighted by molar-refractivity contribution is -0.121. The van der Waals surface area contributed by atoms with Gasteiger partial charge in [-0.05, 0) is 25.7 Å². The van der Waals surface area contributed by atoms with Crippen molar-refractivity contribution in [2.24, 2.45) is 5.92 Å². The molecule has 1 aromatic heterocycles. The average molecular weight is 266 g/mol. The highest BCUT2D eigenvalue weighted by molar-refractivity contribution is 5.75. The minimum absolute atomic E-state index is 0.0311. The molecule has 7 nitrogen and oxygen atoms in total. The Labute approximate surface area is 110 Å². The average Bonchev–Trinajstić information content (AvgIpc) is 3.20. The fourth-order valence-corrected chi connectivity index (χ4v) is 1.82. The van der Waals surface area contributed by atoms with Crippen LogP contribution in [0.1, 0.15) is 19.8 Å². The van der Waals surface area contributed by atoms with Crippen LogP contribution in [0.25, 0.3) is 0 Å². The van der Waals surface area contributed by atoms with E-state index in [2.05, 4.69) is 5.32 Å². The number of hydrogen-bond acceptors (Lipinski definition) is 4. The van der Waals surface area contributed by atoms with Gasteiger partial charge in [0.1, 0.15) is 12.2 Å². The van der Waals surface area contributed by atoms with Crippen LogP contribution in [-0.2, 0) is 17.9 Å². The Morgan fingerprint density at radius 3 is 2.74 bits per heavy atom. The van der Waals surface area contributed by atoms with Crippen LogP contribution in [0.5, 0.6) is 0 Å². The highest BCUT2D eigenvalue weighted by Gasteiger charge is 2.22. The molecule has 1 saturated carbocycles. The predicted molar refractivity (Wildman–Crippen MR) is 70.8 cm³/mol. The Kier molecular flexibility index (Phi) is 3.73. The molecule has 1 aliphatic rings. The van der Waals surface area contributed by atoms with E-state index in [9.17, 15) is 14.4 Å². The van der Waals surface area contributed by atoms with Crippen LogP contribution in [0.15, 0.2) is 15.8 Å². The van der Waals surface area contributed by atoms with Gasteiger partial charge in [-0.15, -0.1) is 0 Å². The summed E-state index contributed by atoms with van der Waals surface area (Å²) < 4.78 is 2.19. The Morgan fingerprint density at radius 1 is 1.47 bits per heavy atom. The van der Waals surface area contributed by atoms with Gasteiger partial charge in [-0.2, -0.15) is 0 Å². The second-order valence-corrected chi connectivity index (χ2v) is 4.79. The zero-order chi connectivity index (χ0) is 14.0. The smallest absolute Gasteiger partial charge is 0.331 e. The highest BCUT2D eigenvalue weighted by atomic mass is 16.2. The van der Waals surface area contributed by atoms with Gasteiger partial charge in [0.15, 0.2) is 0 Å². The van der Waals surface area contributed by atoms with Gasteiger partial charge in [-0.1, -0.05) is 0 Å². The third-order valence-corrected chi connectivity index (χ3v) is 3.19. The number of carbonyl (C=O) groups excluding carboxylic acids is 1. The molecule has 3 N–H and O–H groups in total. The van der Waals surface area contributed by atoms with Gasteiger partial charge >= 0.3 is 5.69 Å². The fraction of sp³-hybridized carbons (Fsp3) is 0.583. The molecule has 0 aliphatic heterocycles. The van der Waals surface area contributed by atoms with E-state index in [1.54, 1.807) is 6.92 Å². The van der Waals surface area contributed by atoms with Crippen LogP contribution in [0.3, 0.4) is 0 Å². The van der Waals surface area contributed by atoms with Crippen LogP contribution >= 0.6 is 0 Å². The van der Waals surface area contributed by atoms with Crippen LogP contribution in [0.4, 0.5) is 5.69 Å². The first-order valence-corrected chi connectivity index (χ1v) is 6.39. The molecule has 2 rings (SSSR count). The minimum Gasteiger partial charge on any atom is -0.393 e. The molecule has 0 bridgehead atoms. The molecular formula is C12H18N4O3. The van der Waals surface area contributed by atoms with E-state index in [4.69, 9.17) is 5.73 Å². The van der Waals surface area contributed by atoms with Crippen molar-refractivity contribution in [1.82, 2.24) is 14.5 Å². The Morgan fingerprint density at radius 2 is 2.16 bits per heavy atom. The molecule has 19 heavy (non-hydrogen) atoms. The maximum atomic E-state index is 11.9. The summed E-state index contributed by atoms with van der Waals surface area (Å²) in [7, 11) is 0. The summed E-state index contributed by atoms with van der Waals surface area (Å²) in [5.41, 5.74) is 4.39. The maximum Gasteiger partial charge on any atom is 0.331 e. The van der Waals surface area contributed by atoms with E-state index in [-0.39, 0.29) is 18.1 Å². The van der Waals surface area contributed by atoms with Gasteiger partial charge in [0.05, 0.1) is 0 Å². The molecule has 1 amide bonds. The molecule has 1 aliphatic carbocycles. The normalized spacial score (nSPS) is 14.4. The zero-order valence-corrected chi connectivity index (χ0v) is 10.9. The monoisotopic (exact) mass is 266 g/mol. The summed E-state index contributed by atoms with van der Waals surface area (Å²) in [6.45, 7) is 2.49. The second-order valence-electron chi connectivity index (χ2n) is 4.79. The van der Waals surface area contributed by atoms with Gasteiger partial charge in [0, 0.05) is 19.3 Å². The third kappa shape index (κ3) is 3.04. The summed E-state index contributed by atoms with van der Waals surface area (Å²) in [4.78, 5) is 35.4. The molecule has 0 aromatic carbocycles. The molecular weight excluding hydrogens is 248 g/mol. The number of nitrogens with one attached hydrogen (secondary N) is 1.